The van der Waals surface area contributed by atoms with E-state index in [1.807, 2.05) is 0 Å². The number of hydrogen-bond acceptors (Lipinski definition) is 4. The number of anilines is 1. The van der Waals surface area contributed by atoms with Crippen molar-refractivity contribution in [2.75, 3.05) is 18.5 Å². The van der Waals surface area contributed by atoms with Crippen LogP contribution in [-0.2, 0) is 14.8 Å². The summed E-state index contributed by atoms with van der Waals surface area (Å²) in [5.74, 6) is -0.888. The molecule has 1 atom stereocenters. The molecular formula is C17H17FN2O4S. The summed E-state index contributed by atoms with van der Waals surface area (Å²) in [7, 11) is -3.74. The molecule has 1 heterocycles. The fourth-order valence-electron chi connectivity index (χ4n) is 2.46. The van der Waals surface area contributed by atoms with Crippen LogP contribution in [0.15, 0.2) is 53.4 Å². The van der Waals surface area contributed by atoms with Gasteiger partial charge in [-0.1, -0.05) is 6.07 Å². The summed E-state index contributed by atoms with van der Waals surface area (Å²) in [5, 5.41) is 2.60. The van der Waals surface area contributed by atoms with Gasteiger partial charge in [0.25, 0.3) is 5.91 Å². The molecule has 132 valence electrons. The normalized spacial score (nSPS) is 17.4. The molecular weight excluding hydrogens is 347 g/mol. The highest BCUT2D eigenvalue weighted by atomic mass is 32.2. The van der Waals surface area contributed by atoms with Gasteiger partial charge in [0.05, 0.1) is 11.5 Å². The van der Waals surface area contributed by atoms with E-state index in [0.29, 0.717) is 25.3 Å². The molecule has 0 radical (unpaired) electrons. The topological polar surface area (TPSA) is 84.5 Å². The maximum Gasteiger partial charge on any atom is 0.255 e. The number of carbonyl (C=O) groups is 1. The lowest BCUT2D eigenvalue weighted by Crippen LogP contribution is -2.35. The average Bonchev–Trinajstić information content (AvgIpc) is 3.09. The van der Waals surface area contributed by atoms with Crippen LogP contribution in [0, 0.1) is 5.82 Å². The van der Waals surface area contributed by atoms with Crippen LogP contribution in [-0.4, -0.2) is 33.6 Å². The Bertz CT molecular complexity index is 862. The Kier molecular flexibility index (Phi) is 5.12. The fourth-order valence-corrected chi connectivity index (χ4v) is 3.76. The van der Waals surface area contributed by atoms with Crippen molar-refractivity contribution >= 4 is 21.6 Å². The van der Waals surface area contributed by atoms with Gasteiger partial charge in [-0.15, -0.1) is 0 Å². The quantitative estimate of drug-likeness (QED) is 0.851. The molecule has 1 saturated heterocycles. The standard InChI is InChI=1S/C17H17FN2O4S/c18-13-4-6-14(7-5-13)19-17(21)12-2-1-3-16(10-12)25(22,23)20-15-8-9-24-11-15/h1-7,10,15,20H,8-9,11H2,(H,19,21)/t15-/m0/s1. The molecule has 0 bridgehead atoms. The van der Waals surface area contributed by atoms with Gasteiger partial charge in [-0.2, -0.15) is 0 Å². The fraction of sp³-hybridized carbons (Fsp3) is 0.235. The third-order valence-electron chi connectivity index (χ3n) is 3.76. The van der Waals surface area contributed by atoms with E-state index in [4.69, 9.17) is 4.74 Å². The second-order valence-corrected chi connectivity index (χ2v) is 7.38. The van der Waals surface area contributed by atoms with Crippen LogP contribution < -0.4 is 10.0 Å². The maximum absolute atomic E-state index is 12.9. The molecule has 0 spiro atoms. The Morgan fingerprint density at radius 1 is 1.16 bits per heavy atom. The molecule has 2 aromatic rings. The molecule has 1 fully saturated rings. The van der Waals surface area contributed by atoms with Gasteiger partial charge in [0.15, 0.2) is 0 Å². The van der Waals surface area contributed by atoms with E-state index < -0.39 is 21.7 Å². The highest BCUT2D eigenvalue weighted by molar-refractivity contribution is 7.89. The largest absolute Gasteiger partial charge is 0.380 e. The Morgan fingerprint density at radius 2 is 1.92 bits per heavy atom. The van der Waals surface area contributed by atoms with Crippen molar-refractivity contribution in [2.45, 2.75) is 17.4 Å². The van der Waals surface area contributed by atoms with Crippen LogP contribution in [0.1, 0.15) is 16.8 Å². The predicted molar refractivity (Wildman–Crippen MR) is 90.3 cm³/mol. The summed E-state index contributed by atoms with van der Waals surface area (Å²) in [6.45, 7) is 0.858. The number of hydrogen-bond donors (Lipinski definition) is 2. The Labute approximate surface area is 145 Å². The number of benzene rings is 2. The average molecular weight is 364 g/mol. The zero-order valence-corrected chi connectivity index (χ0v) is 14.1. The number of amides is 1. The van der Waals surface area contributed by atoms with Gasteiger partial charge in [-0.25, -0.2) is 17.5 Å². The molecule has 2 aromatic carbocycles. The number of sulfonamides is 1. The summed E-state index contributed by atoms with van der Waals surface area (Å²) < 4.78 is 45.5. The van der Waals surface area contributed by atoms with Gasteiger partial charge < -0.3 is 10.1 Å². The van der Waals surface area contributed by atoms with E-state index in [-0.39, 0.29) is 16.5 Å². The van der Waals surface area contributed by atoms with Crippen molar-refractivity contribution in [2.24, 2.45) is 0 Å². The zero-order chi connectivity index (χ0) is 17.9. The highest BCUT2D eigenvalue weighted by Gasteiger charge is 2.24. The van der Waals surface area contributed by atoms with Crippen LogP contribution in [0.25, 0.3) is 0 Å². The van der Waals surface area contributed by atoms with E-state index in [9.17, 15) is 17.6 Å². The summed E-state index contributed by atoms with van der Waals surface area (Å²) in [6, 6.07) is 10.8. The molecule has 0 saturated carbocycles. The Hall–Kier alpha value is -2.29. The molecule has 0 unspecified atom stereocenters. The minimum absolute atomic E-state index is 0.00570. The van der Waals surface area contributed by atoms with Gasteiger partial charge in [0.2, 0.25) is 10.0 Å². The smallest absolute Gasteiger partial charge is 0.255 e. The Morgan fingerprint density at radius 3 is 2.60 bits per heavy atom. The summed E-state index contributed by atoms with van der Waals surface area (Å²) >= 11 is 0. The third kappa shape index (κ3) is 4.41. The first-order chi connectivity index (χ1) is 11.9. The summed E-state index contributed by atoms with van der Waals surface area (Å²) in [4.78, 5) is 12.3. The molecule has 3 rings (SSSR count). The van der Waals surface area contributed by atoms with Crippen LogP contribution >= 0.6 is 0 Å². The highest BCUT2D eigenvalue weighted by Crippen LogP contribution is 2.16. The van der Waals surface area contributed by atoms with Crippen LogP contribution in [0.2, 0.25) is 0 Å². The first kappa shape index (κ1) is 17.5. The van der Waals surface area contributed by atoms with E-state index >= 15 is 0 Å². The molecule has 0 aliphatic carbocycles. The van der Waals surface area contributed by atoms with Gasteiger partial charge >= 0.3 is 0 Å². The van der Waals surface area contributed by atoms with E-state index in [1.54, 1.807) is 0 Å². The molecule has 2 N–H and O–H groups in total. The number of nitrogens with one attached hydrogen (secondary N) is 2. The van der Waals surface area contributed by atoms with Crippen LogP contribution in [0.3, 0.4) is 0 Å². The minimum atomic E-state index is -3.74. The molecule has 1 amide bonds. The second-order valence-electron chi connectivity index (χ2n) is 5.67. The lowest BCUT2D eigenvalue weighted by molar-refractivity contribution is 0.102. The predicted octanol–water partition coefficient (Wildman–Crippen LogP) is 2.15. The summed E-state index contributed by atoms with van der Waals surface area (Å²) in [5.41, 5.74) is 0.607. The molecule has 25 heavy (non-hydrogen) atoms. The first-order valence-electron chi connectivity index (χ1n) is 7.71. The number of halogens is 1. The van der Waals surface area contributed by atoms with E-state index in [0.717, 1.165) is 0 Å². The molecule has 8 heteroatoms. The SMILES string of the molecule is O=C(Nc1ccc(F)cc1)c1cccc(S(=O)(=O)N[C@H]2CCOC2)c1. The number of rotatable bonds is 5. The lowest BCUT2D eigenvalue weighted by atomic mass is 10.2. The van der Waals surface area contributed by atoms with Crippen molar-refractivity contribution in [3.8, 4) is 0 Å². The Balaban J connectivity index is 1.76. The third-order valence-corrected chi connectivity index (χ3v) is 5.28. The second kappa shape index (κ2) is 7.30. The van der Waals surface area contributed by atoms with Gasteiger partial charge in [-0.3, -0.25) is 4.79 Å². The van der Waals surface area contributed by atoms with Crippen molar-refractivity contribution in [1.82, 2.24) is 4.72 Å². The van der Waals surface area contributed by atoms with Gasteiger partial charge in [0, 0.05) is 23.9 Å². The lowest BCUT2D eigenvalue weighted by Gasteiger charge is -2.12. The van der Waals surface area contributed by atoms with E-state index in [2.05, 4.69) is 10.0 Å². The van der Waals surface area contributed by atoms with Crippen LogP contribution in [0.4, 0.5) is 10.1 Å². The monoisotopic (exact) mass is 364 g/mol. The van der Waals surface area contributed by atoms with Gasteiger partial charge in [0.1, 0.15) is 5.82 Å². The first-order valence-corrected chi connectivity index (χ1v) is 9.19. The molecule has 1 aliphatic heterocycles. The molecule has 1 aliphatic rings. The van der Waals surface area contributed by atoms with Crippen molar-refractivity contribution in [3.05, 3.63) is 59.9 Å². The van der Waals surface area contributed by atoms with E-state index in [1.165, 1.54) is 48.5 Å². The zero-order valence-electron chi connectivity index (χ0n) is 13.2. The van der Waals surface area contributed by atoms with Crippen LogP contribution in [0.5, 0.6) is 0 Å². The minimum Gasteiger partial charge on any atom is -0.380 e. The molecule has 0 aromatic heterocycles. The van der Waals surface area contributed by atoms with Gasteiger partial charge in [-0.05, 0) is 48.9 Å². The molecule has 6 nitrogen and oxygen atoms in total. The van der Waals surface area contributed by atoms with Crippen molar-refractivity contribution in [1.29, 1.82) is 0 Å². The van der Waals surface area contributed by atoms with Crippen molar-refractivity contribution in [3.63, 3.8) is 0 Å². The number of carbonyl (C=O) groups excluding carboxylic acids is 1. The summed E-state index contributed by atoms with van der Waals surface area (Å²) in [6.07, 6.45) is 0.615. The van der Waals surface area contributed by atoms with Crippen molar-refractivity contribution < 1.29 is 22.3 Å². The maximum atomic E-state index is 12.9. The number of ether oxygens (including phenoxy) is 1.